The van der Waals surface area contributed by atoms with Crippen molar-refractivity contribution in [3.8, 4) is 0 Å². The van der Waals surface area contributed by atoms with Crippen molar-refractivity contribution in [2.75, 3.05) is 6.61 Å². The standard InChI is InChI=1S/C22H33F3O2/c1-2-3-4-5-6-7-8-9-10-11-12-13-18-27-21(26)19-14-16-20(17-15-19)22(23,24)25/h14-17H,2-13,18H2,1H3. The van der Waals surface area contributed by atoms with Crippen molar-refractivity contribution < 1.29 is 22.7 Å². The molecule has 5 heteroatoms. The van der Waals surface area contributed by atoms with Crippen LogP contribution in [0.1, 0.15) is 99.9 Å². The van der Waals surface area contributed by atoms with Crippen LogP contribution in [0.25, 0.3) is 0 Å². The smallest absolute Gasteiger partial charge is 0.416 e. The molecule has 0 aromatic heterocycles. The van der Waals surface area contributed by atoms with Gasteiger partial charge in [-0.25, -0.2) is 4.79 Å². The highest BCUT2D eigenvalue weighted by Gasteiger charge is 2.30. The van der Waals surface area contributed by atoms with Crippen LogP contribution in [0.5, 0.6) is 0 Å². The van der Waals surface area contributed by atoms with Crippen LogP contribution in [0, 0.1) is 0 Å². The van der Waals surface area contributed by atoms with Crippen LogP contribution >= 0.6 is 0 Å². The molecule has 1 rings (SSSR count). The zero-order chi connectivity index (χ0) is 20.0. The Morgan fingerprint density at radius 3 is 1.67 bits per heavy atom. The van der Waals surface area contributed by atoms with Crippen molar-refractivity contribution in [3.63, 3.8) is 0 Å². The number of esters is 1. The van der Waals surface area contributed by atoms with Crippen molar-refractivity contribution in [1.82, 2.24) is 0 Å². The van der Waals surface area contributed by atoms with E-state index in [4.69, 9.17) is 4.74 Å². The SMILES string of the molecule is CCCCCCCCCCCCCCOC(=O)c1ccc(C(F)(F)F)cc1. The van der Waals surface area contributed by atoms with Gasteiger partial charge in [-0.2, -0.15) is 13.2 Å². The van der Waals surface area contributed by atoms with Gasteiger partial charge < -0.3 is 4.74 Å². The van der Waals surface area contributed by atoms with Crippen LogP contribution in [-0.2, 0) is 10.9 Å². The van der Waals surface area contributed by atoms with Crippen molar-refractivity contribution in [1.29, 1.82) is 0 Å². The number of rotatable bonds is 14. The third-order valence-corrected chi connectivity index (χ3v) is 4.68. The molecule has 1 aromatic rings. The molecule has 0 aliphatic carbocycles. The van der Waals surface area contributed by atoms with Gasteiger partial charge in [-0.3, -0.25) is 0 Å². The lowest BCUT2D eigenvalue weighted by atomic mass is 10.1. The molecule has 0 aliphatic rings. The number of alkyl halides is 3. The van der Waals surface area contributed by atoms with Crippen LogP contribution in [0.2, 0.25) is 0 Å². The molecule has 0 aliphatic heterocycles. The third kappa shape index (κ3) is 11.0. The van der Waals surface area contributed by atoms with E-state index in [1.807, 2.05) is 0 Å². The lowest BCUT2D eigenvalue weighted by Gasteiger charge is -2.08. The maximum absolute atomic E-state index is 12.5. The number of unbranched alkanes of at least 4 members (excludes halogenated alkanes) is 11. The number of ether oxygens (including phenoxy) is 1. The number of halogens is 3. The van der Waals surface area contributed by atoms with E-state index < -0.39 is 17.7 Å². The average Bonchev–Trinajstić information content (AvgIpc) is 2.64. The molecule has 0 atom stereocenters. The maximum atomic E-state index is 12.5. The molecule has 0 spiro atoms. The number of carbonyl (C=O) groups is 1. The summed E-state index contributed by atoms with van der Waals surface area (Å²) < 4.78 is 42.6. The Morgan fingerprint density at radius 1 is 0.778 bits per heavy atom. The van der Waals surface area contributed by atoms with Gasteiger partial charge in [-0.15, -0.1) is 0 Å². The monoisotopic (exact) mass is 386 g/mol. The summed E-state index contributed by atoms with van der Waals surface area (Å²) in [7, 11) is 0. The molecular formula is C22H33F3O2. The van der Waals surface area contributed by atoms with Gasteiger partial charge in [0.05, 0.1) is 17.7 Å². The molecule has 1 aromatic carbocycles. The van der Waals surface area contributed by atoms with E-state index >= 15 is 0 Å². The Labute approximate surface area is 161 Å². The third-order valence-electron chi connectivity index (χ3n) is 4.68. The van der Waals surface area contributed by atoms with Crippen LogP contribution in [0.3, 0.4) is 0 Å². The van der Waals surface area contributed by atoms with E-state index in [0.717, 1.165) is 43.5 Å². The first-order valence-corrected chi connectivity index (χ1v) is 10.3. The van der Waals surface area contributed by atoms with Crippen LogP contribution in [0.4, 0.5) is 13.2 Å². The topological polar surface area (TPSA) is 26.3 Å². The summed E-state index contributed by atoms with van der Waals surface area (Å²) in [6.07, 6.45) is 10.4. The normalized spacial score (nSPS) is 11.6. The summed E-state index contributed by atoms with van der Waals surface area (Å²) >= 11 is 0. The summed E-state index contributed by atoms with van der Waals surface area (Å²) in [4.78, 5) is 11.8. The number of hydrogen-bond donors (Lipinski definition) is 0. The molecule has 0 fully saturated rings. The molecule has 2 nitrogen and oxygen atoms in total. The predicted molar refractivity (Wildman–Crippen MR) is 103 cm³/mol. The molecule has 0 saturated carbocycles. The van der Waals surface area contributed by atoms with E-state index in [9.17, 15) is 18.0 Å². The van der Waals surface area contributed by atoms with Crippen LogP contribution in [-0.4, -0.2) is 12.6 Å². The first kappa shape index (κ1) is 23.5. The zero-order valence-electron chi connectivity index (χ0n) is 16.5. The van der Waals surface area contributed by atoms with E-state index in [2.05, 4.69) is 6.92 Å². The Bertz CT molecular complexity index is 509. The summed E-state index contributed by atoms with van der Waals surface area (Å²) in [5, 5.41) is 0. The lowest BCUT2D eigenvalue weighted by molar-refractivity contribution is -0.137. The second kappa shape index (κ2) is 13.6. The van der Waals surface area contributed by atoms with Gasteiger partial charge in [0.2, 0.25) is 0 Å². The second-order valence-electron chi connectivity index (χ2n) is 7.10. The van der Waals surface area contributed by atoms with Gasteiger partial charge in [0, 0.05) is 0 Å². The summed E-state index contributed by atoms with van der Waals surface area (Å²) in [5.41, 5.74) is -0.609. The van der Waals surface area contributed by atoms with E-state index in [-0.39, 0.29) is 5.56 Å². The van der Waals surface area contributed by atoms with Crippen molar-refractivity contribution >= 4 is 5.97 Å². The number of carbonyl (C=O) groups excluding carboxylic acids is 1. The van der Waals surface area contributed by atoms with Crippen molar-refractivity contribution in [3.05, 3.63) is 35.4 Å². The van der Waals surface area contributed by atoms with E-state index in [0.29, 0.717) is 6.61 Å². The fraction of sp³-hybridized carbons (Fsp3) is 0.682. The van der Waals surface area contributed by atoms with Gasteiger partial charge >= 0.3 is 12.1 Å². The molecule has 0 amide bonds. The molecule has 27 heavy (non-hydrogen) atoms. The van der Waals surface area contributed by atoms with Gasteiger partial charge in [-0.1, -0.05) is 77.6 Å². The second-order valence-corrected chi connectivity index (χ2v) is 7.10. The highest BCUT2D eigenvalue weighted by molar-refractivity contribution is 5.89. The summed E-state index contributed by atoms with van der Waals surface area (Å²) in [6.45, 7) is 2.55. The average molecular weight is 386 g/mol. The minimum absolute atomic E-state index is 0.155. The van der Waals surface area contributed by atoms with Gasteiger partial charge in [0.15, 0.2) is 0 Å². The van der Waals surface area contributed by atoms with Gasteiger partial charge in [0.1, 0.15) is 0 Å². The Hall–Kier alpha value is -1.52. The molecule has 0 bridgehead atoms. The molecular weight excluding hydrogens is 353 g/mol. The van der Waals surface area contributed by atoms with Crippen molar-refractivity contribution in [2.45, 2.75) is 90.1 Å². The minimum Gasteiger partial charge on any atom is -0.462 e. The van der Waals surface area contributed by atoms with E-state index in [1.165, 1.54) is 57.8 Å². The molecule has 0 unspecified atom stereocenters. The quantitative estimate of drug-likeness (QED) is 0.243. The minimum atomic E-state index is -4.39. The predicted octanol–water partition coefficient (Wildman–Crippen LogP) is 7.56. The van der Waals surface area contributed by atoms with Crippen molar-refractivity contribution in [2.24, 2.45) is 0 Å². The van der Waals surface area contributed by atoms with Gasteiger partial charge in [0.25, 0.3) is 0 Å². The largest absolute Gasteiger partial charge is 0.462 e. The van der Waals surface area contributed by atoms with Crippen LogP contribution < -0.4 is 0 Å². The van der Waals surface area contributed by atoms with Gasteiger partial charge in [-0.05, 0) is 30.7 Å². The first-order valence-electron chi connectivity index (χ1n) is 10.3. The maximum Gasteiger partial charge on any atom is 0.416 e. The molecule has 0 saturated heterocycles. The lowest BCUT2D eigenvalue weighted by Crippen LogP contribution is -2.08. The molecule has 154 valence electrons. The zero-order valence-corrected chi connectivity index (χ0v) is 16.5. The van der Waals surface area contributed by atoms with Crippen LogP contribution in [0.15, 0.2) is 24.3 Å². The number of hydrogen-bond acceptors (Lipinski definition) is 2. The Balaban J connectivity index is 1.99. The fourth-order valence-corrected chi connectivity index (χ4v) is 2.99. The summed E-state index contributed by atoms with van der Waals surface area (Å²) in [6, 6.07) is 4.13. The molecule has 0 heterocycles. The van der Waals surface area contributed by atoms with E-state index in [1.54, 1.807) is 0 Å². The highest BCUT2D eigenvalue weighted by Crippen LogP contribution is 2.29. The summed E-state index contributed by atoms with van der Waals surface area (Å²) in [5.74, 6) is -0.563. The first-order chi connectivity index (χ1) is 12.9. The molecule has 0 radical (unpaired) electrons. The highest BCUT2D eigenvalue weighted by atomic mass is 19.4. The fourth-order valence-electron chi connectivity index (χ4n) is 2.99. The Kier molecular flexibility index (Phi) is 11.9. The number of benzene rings is 1. The molecule has 0 N–H and O–H groups in total. The Morgan fingerprint density at radius 2 is 1.22 bits per heavy atom.